The SMILES string of the molecule is CCOc1cc(C(C)(C)C)ccc1C1=NC(C)(c2ccc(Cl)cc2)C(C)(c2ccc(Cl)cc2)N1C(=O)N1CCN(CCOCCOCCOCCOCCOCCOc2ccc(N3C(=S)N(c4ccc(C#N)c(C(F)(F)F)c4)C(=O)C3(C)C)cc2)CC1. The molecule has 2 fully saturated rings. The molecule has 87 heavy (non-hydrogen) atoms. The van der Waals surface area contributed by atoms with E-state index in [-0.39, 0.29) is 28.9 Å². The summed E-state index contributed by atoms with van der Waals surface area (Å²) in [4.78, 5) is 43.3. The molecule has 0 bridgehead atoms. The Balaban J connectivity index is 0.705. The van der Waals surface area contributed by atoms with Gasteiger partial charge in [-0.1, -0.05) is 74.3 Å². The molecule has 5 aromatic carbocycles. The Morgan fingerprint density at radius 1 is 0.678 bits per heavy atom. The van der Waals surface area contributed by atoms with Gasteiger partial charge in [0.15, 0.2) is 5.11 Å². The van der Waals surface area contributed by atoms with E-state index in [0.717, 1.165) is 39.3 Å². The Bertz CT molecular complexity index is 3270. The lowest BCUT2D eigenvalue weighted by Gasteiger charge is -2.47. The van der Waals surface area contributed by atoms with E-state index in [1.54, 1.807) is 49.1 Å². The van der Waals surface area contributed by atoms with Gasteiger partial charge in [0.1, 0.15) is 40.6 Å². The minimum absolute atomic E-state index is 0.000658. The molecule has 0 aliphatic carbocycles. The maximum Gasteiger partial charge on any atom is 0.417 e. The van der Waals surface area contributed by atoms with Crippen LogP contribution < -0.4 is 19.3 Å². The lowest BCUT2D eigenvalue weighted by molar-refractivity contribution is -0.137. The van der Waals surface area contributed by atoms with Gasteiger partial charge in [-0.3, -0.25) is 24.5 Å². The van der Waals surface area contributed by atoms with E-state index in [2.05, 4.69) is 51.7 Å². The summed E-state index contributed by atoms with van der Waals surface area (Å²) in [7, 11) is 0. The third kappa shape index (κ3) is 15.2. The zero-order valence-electron chi connectivity index (χ0n) is 50.5. The Morgan fingerprint density at radius 3 is 1.74 bits per heavy atom. The van der Waals surface area contributed by atoms with Crippen molar-refractivity contribution >= 4 is 69.7 Å². The normalized spacial score (nSPS) is 19.0. The van der Waals surface area contributed by atoms with Crippen molar-refractivity contribution in [2.45, 2.75) is 83.6 Å². The minimum atomic E-state index is -4.80. The quantitative estimate of drug-likeness (QED) is 0.0382. The van der Waals surface area contributed by atoms with Crippen molar-refractivity contribution in [2.24, 2.45) is 4.99 Å². The summed E-state index contributed by atoms with van der Waals surface area (Å²) in [5, 5.41) is 10.4. The molecule has 2 atom stereocenters. The summed E-state index contributed by atoms with van der Waals surface area (Å²) in [5.74, 6) is 1.21. The molecule has 16 nitrogen and oxygen atoms in total. The van der Waals surface area contributed by atoms with Gasteiger partial charge in [0.25, 0.3) is 5.91 Å². The molecule has 0 N–H and O–H groups in total. The lowest BCUT2D eigenvalue weighted by atomic mass is 9.71. The maximum absolute atomic E-state index is 15.5. The number of thiocarbonyl (C=S) groups is 1. The summed E-state index contributed by atoms with van der Waals surface area (Å²) >= 11 is 18.6. The average Bonchev–Trinajstić information content (AvgIpc) is 1.59. The number of hydrogen-bond donors (Lipinski definition) is 0. The number of anilines is 2. The first-order valence-electron chi connectivity index (χ1n) is 29.1. The number of halogens is 5. The third-order valence-electron chi connectivity index (χ3n) is 16.0. The van der Waals surface area contributed by atoms with Gasteiger partial charge in [-0.15, -0.1) is 0 Å². The number of hydrogen-bond acceptors (Lipinski definition) is 13. The van der Waals surface area contributed by atoms with Gasteiger partial charge in [-0.2, -0.15) is 18.4 Å². The Kier molecular flexibility index (Phi) is 22.1. The first kappa shape index (κ1) is 66.6. The number of urea groups is 1. The van der Waals surface area contributed by atoms with Crippen LogP contribution in [0.2, 0.25) is 10.0 Å². The third-order valence-corrected chi connectivity index (χ3v) is 16.8. The van der Waals surface area contributed by atoms with Gasteiger partial charge in [0, 0.05) is 48.5 Å². The van der Waals surface area contributed by atoms with Gasteiger partial charge in [-0.25, -0.2) is 4.79 Å². The van der Waals surface area contributed by atoms with Crippen LogP contribution in [0.25, 0.3) is 0 Å². The van der Waals surface area contributed by atoms with Gasteiger partial charge in [0.05, 0.1) is 101 Å². The van der Waals surface area contributed by atoms with Crippen LogP contribution in [-0.2, 0) is 51.1 Å². The molecular formula is C65H76Cl2F3N7O9S. The number of alkyl halides is 3. The van der Waals surface area contributed by atoms with Crippen LogP contribution >= 0.6 is 35.4 Å². The Morgan fingerprint density at radius 2 is 1.21 bits per heavy atom. The standard InChI is InChI=1S/C65H76Cl2F3N7O9S/c1-9-85-56-42-48(61(2,3)4)15-25-54(56)57-72-63(7,46-11-16-49(66)17-12-46)64(8,47-13-18-50(67)19-14-47)77(57)59(79)74-28-26-73(27-29-74)30-31-80-32-33-81-34-35-82-36-37-83-38-39-84-40-41-86-53-23-21-51(22-24-53)76-60(87)75(58(78)62(76,5)6)52-20-10-45(44-71)55(43-52)65(68,69)70/h10-25,42-43H,9,26-41H2,1-8H3. The van der Waals surface area contributed by atoms with E-state index in [0.29, 0.717) is 138 Å². The van der Waals surface area contributed by atoms with E-state index >= 15 is 4.79 Å². The molecule has 2 unspecified atom stereocenters. The van der Waals surface area contributed by atoms with E-state index in [4.69, 9.17) is 73.6 Å². The Labute approximate surface area is 523 Å². The van der Waals surface area contributed by atoms with Gasteiger partial charge < -0.3 is 43.0 Å². The fourth-order valence-electron chi connectivity index (χ4n) is 10.9. The molecule has 3 aliphatic rings. The fourth-order valence-corrected chi connectivity index (χ4v) is 11.6. The van der Waals surface area contributed by atoms with Crippen LogP contribution in [0.3, 0.4) is 0 Å². The predicted molar refractivity (Wildman–Crippen MR) is 335 cm³/mol. The number of piperazine rings is 1. The highest BCUT2D eigenvalue weighted by molar-refractivity contribution is 7.81. The Hall–Kier alpha value is -6.38. The van der Waals surface area contributed by atoms with Crippen molar-refractivity contribution in [3.63, 3.8) is 0 Å². The first-order valence-corrected chi connectivity index (χ1v) is 30.2. The minimum Gasteiger partial charge on any atom is -0.493 e. The second kappa shape index (κ2) is 28.8. The molecule has 0 saturated carbocycles. The highest BCUT2D eigenvalue weighted by atomic mass is 35.5. The van der Waals surface area contributed by atoms with Crippen LogP contribution in [0.4, 0.5) is 29.3 Å². The van der Waals surface area contributed by atoms with Gasteiger partial charge >= 0.3 is 12.2 Å². The maximum atomic E-state index is 15.5. The number of amidine groups is 1. The molecule has 3 amide bonds. The lowest BCUT2D eigenvalue weighted by Crippen LogP contribution is -2.60. The van der Waals surface area contributed by atoms with Crippen molar-refractivity contribution in [3.05, 3.63) is 153 Å². The molecule has 0 aromatic heterocycles. The largest absolute Gasteiger partial charge is 0.493 e. The van der Waals surface area contributed by atoms with Crippen LogP contribution in [0, 0.1) is 11.3 Å². The highest BCUT2D eigenvalue weighted by Crippen LogP contribution is 2.54. The summed E-state index contributed by atoms with van der Waals surface area (Å²) < 4.78 is 82.0. The van der Waals surface area contributed by atoms with Crippen LogP contribution in [0.5, 0.6) is 11.5 Å². The van der Waals surface area contributed by atoms with E-state index < -0.39 is 39.8 Å². The molecule has 0 spiro atoms. The molecule has 5 aromatic rings. The highest BCUT2D eigenvalue weighted by Gasteiger charge is 2.60. The average molecular weight is 1260 g/mol. The van der Waals surface area contributed by atoms with Gasteiger partial charge in [-0.05, 0) is 148 Å². The predicted octanol–water partition coefficient (Wildman–Crippen LogP) is 12.3. The second-order valence-electron chi connectivity index (χ2n) is 23.0. The number of nitriles is 1. The topological polar surface area (TPSA) is 151 Å². The summed E-state index contributed by atoms with van der Waals surface area (Å²) in [6.45, 7) is 23.7. The summed E-state index contributed by atoms with van der Waals surface area (Å²) in [6.07, 6.45) is -4.80. The monoisotopic (exact) mass is 1260 g/mol. The van der Waals surface area contributed by atoms with Crippen LogP contribution in [0.1, 0.15) is 88.8 Å². The zero-order valence-corrected chi connectivity index (χ0v) is 52.8. The summed E-state index contributed by atoms with van der Waals surface area (Å²) in [5.41, 5.74) is -0.985. The summed E-state index contributed by atoms with van der Waals surface area (Å²) in [6, 6.07) is 32.9. The van der Waals surface area contributed by atoms with Crippen molar-refractivity contribution in [3.8, 4) is 17.6 Å². The number of amides is 3. The van der Waals surface area contributed by atoms with Crippen molar-refractivity contribution in [2.75, 3.05) is 122 Å². The number of rotatable bonds is 26. The van der Waals surface area contributed by atoms with Crippen molar-refractivity contribution in [1.82, 2.24) is 14.7 Å². The molecule has 8 rings (SSSR count). The van der Waals surface area contributed by atoms with Crippen molar-refractivity contribution in [1.29, 1.82) is 5.26 Å². The van der Waals surface area contributed by atoms with E-state index in [1.165, 1.54) is 6.07 Å². The van der Waals surface area contributed by atoms with Crippen LogP contribution in [0.15, 0.2) is 114 Å². The molecule has 3 aliphatic heterocycles. The molecule has 0 radical (unpaired) electrons. The van der Waals surface area contributed by atoms with E-state index in [1.807, 2.05) is 71.3 Å². The molecule has 22 heteroatoms. The number of nitrogens with zero attached hydrogens (tertiary/aromatic N) is 7. The number of carbonyl (C=O) groups is 2. The smallest absolute Gasteiger partial charge is 0.417 e. The fraction of sp³-hybridized carbons (Fsp3) is 0.462. The second-order valence-corrected chi connectivity index (χ2v) is 24.2. The molecular weight excluding hydrogens is 1180 g/mol. The molecule has 2 saturated heterocycles. The number of benzene rings is 5. The van der Waals surface area contributed by atoms with E-state index in [9.17, 15) is 23.2 Å². The van der Waals surface area contributed by atoms with Crippen molar-refractivity contribution < 1.29 is 55.9 Å². The molecule has 3 heterocycles. The number of ether oxygens (including phenoxy) is 7. The van der Waals surface area contributed by atoms with Crippen LogP contribution in [-0.4, -0.2) is 155 Å². The van der Waals surface area contributed by atoms with Gasteiger partial charge in [0.2, 0.25) is 0 Å². The molecule has 466 valence electrons. The number of aliphatic imine (C=N–C) groups is 1. The number of carbonyl (C=O) groups excluding carboxylic acids is 2. The zero-order chi connectivity index (χ0) is 62.7. The first-order chi connectivity index (χ1) is 41.4.